The van der Waals surface area contributed by atoms with Gasteiger partial charge in [0, 0.05) is 51.2 Å². The van der Waals surface area contributed by atoms with Crippen molar-refractivity contribution in [3.05, 3.63) is 71.3 Å². The minimum absolute atomic E-state index is 0.0840. The largest absolute Gasteiger partial charge is 0.350 e. The number of hydrogen-bond acceptors (Lipinski definition) is 5. The molecule has 0 aliphatic carbocycles. The van der Waals surface area contributed by atoms with Gasteiger partial charge in [0.2, 0.25) is 0 Å². The molecule has 2 aromatic rings. The van der Waals surface area contributed by atoms with Crippen molar-refractivity contribution in [1.29, 1.82) is 0 Å². The molecule has 6 heteroatoms. The lowest BCUT2D eigenvalue weighted by Crippen LogP contribution is -2.57. The fraction of sp³-hybridized carbons (Fsp3) is 0.462. The molecule has 2 aliphatic rings. The van der Waals surface area contributed by atoms with Gasteiger partial charge in [-0.25, -0.2) is 0 Å². The summed E-state index contributed by atoms with van der Waals surface area (Å²) < 4.78 is 12.2. The van der Waals surface area contributed by atoms with Crippen LogP contribution in [-0.4, -0.2) is 59.7 Å². The van der Waals surface area contributed by atoms with Crippen LogP contribution in [0.1, 0.15) is 65.9 Å². The summed E-state index contributed by atoms with van der Waals surface area (Å²) in [6, 6.07) is 17.4. The molecule has 0 bridgehead atoms. The molecule has 1 saturated heterocycles. The topological polar surface area (TPSA) is 59.1 Å². The second-order valence-electron chi connectivity index (χ2n) is 8.48. The van der Waals surface area contributed by atoms with Crippen molar-refractivity contribution >= 4 is 11.8 Å². The first kappa shape index (κ1) is 22.6. The van der Waals surface area contributed by atoms with E-state index in [4.69, 9.17) is 9.47 Å². The summed E-state index contributed by atoms with van der Waals surface area (Å²) in [5.74, 6) is -1.14. The molecular formula is C26H32N2O4. The smallest absolute Gasteiger partial charge is 0.261 e. The van der Waals surface area contributed by atoms with Gasteiger partial charge < -0.3 is 9.47 Å². The molecule has 1 unspecified atom stereocenters. The lowest BCUT2D eigenvalue weighted by atomic mass is 9.92. The van der Waals surface area contributed by atoms with Crippen molar-refractivity contribution in [3.63, 3.8) is 0 Å². The zero-order valence-corrected chi connectivity index (χ0v) is 19.1. The van der Waals surface area contributed by atoms with Gasteiger partial charge in [-0.3, -0.25) is 19.4 Å². The zero-order chi connectivity index (χ0) is 22.7. The van der Waals surface area contributed by atoms with Gasteiger partial charge in [0.1, 0.15) is 0 Å². The van der Waals surface area contributed by atoms with Gasteiger partial charge in [0.15, 0.2) is 5.79 Å². The Kier molecular flexibility index (Phi) is 6.74. The maximum atomic E-state index is 13.1. The number of hydrogen-bond donors (Lipinski definition) is 0. The molecule has 2 aliphatic heterocycles. The van der Waals surface area contributed by atoms with Crippen LogP contribution in [-0.2, 0) is 9.47 Å². The average Bonchev–Trinajstić information content (AvgIpc) is 3.05. The molecule has 0 N–H and O–H groups in total. The number of fused-ring (bicyclic) bond motifs is 1. The van der Waals surface area contributed by atoms with E-state index in [9.17, 15) is 9.59 Å². The van der Waals surface area contributed by atoms with E-state index >= 15 is 0 Å². The highest BCUT2D eigenvalue weighted by Gasteiger charge is 2.46. The molecule has 2 amide bonds. The summed E-state index contributed by atoms with van der Waals surface area (Å²) in [4.78, 5) is 29.9. The molecule has 0 saturated carbocycles. The van der Waals surface area contributed by atoms with Gasteiger partial charge >= 0.3 is 0 Å². The molecule has 2 heterocycles. The number of piperidine rings is 1. The van der Waals surface area contributed by atoms with Gasteiger partial charge in [-0.1, -0.05) is 42.5 Å². The third-order valence-corrected chi connectivity index (χ3v) is 6.63. The SMILES string of the molecule is CCOC1(OCC)CCN([C@@H](C)c2ccccc2)C(CN2C(=O)c3ccccc3C2=O)C1. The molecule has 2 atom stereocenters. The van der Waals surface area contributed by atoms with Crippen LogP contribution in [0.3, 0.4) is 0 Å². The number of carbonyl (C=O) groups is 2. The monoisotopic (exact) mass is 436 g/mol. The highest BCUT2D eigenvalue weighted by atomic mass is 16.7. The summed E-state index contributed by atoms with van der Waals surface area (Å²) in [6.07, 6.45) is 1.34. The van der Waals surface area contributed by atoms with Crippen molar-refractivity contribution in [2.45, 2.75) is 51.5 Å². The quantitative estimate of drug-likeness (QED) is 0.457. The van der Waals surface area contributed by atoms with Crippen LogP contribution in [0, 0.1) is 0 Å². The summed E-state index contributed by atoms with van der Waals surface area (Å²) in [7, 11) is 0. The molecule has 0 radical (unpaired) electrons. The Labute approximate surface area is 190 Å². The van der Waals surface area contributed by atoms with Crippen molar-refractivity contribution in [3.8, 4) is 0 Å². The maximum Gasteiger partial charge on any atom is 0.261 e. The Bertz CT molecular complexity index is 920. The minimum atomic E-state index is -0.695. The van der Waals surface area contributed by atoms with Crippen molar-refractivity contribution in [1.82, 2.24) is 9.80 Å². The molecule has 2 aromatic carbocycles. The van der Waals surface area contributed by atoms with Crippen LogP contribution in [0.25, 0.3) is 0 Å². The van der Waals surface area contributed by atoms with Gasteiger partial charge in [-0.2, -0.15) is 0 Å². The Morgan fingerprint density at radius 1 is 0.938 bits per heavy atom. The van der Waals surface area contributed by atoms with E-state index in [2.05, 4.69) is 24.0 Å². The summed E-state index contributed by atoms with van der Waals surface area (Å²) >= 11 is 0. The number of imide groups is 1. The number of benzene rings is 2. The third-order valence-electron chi connectivity index (χ3n) is 6.63. The van der Waals surface area contributed by atoms with E-state index in [0.29, 0.717) is 37.3 Å². The van der Waals surface area contributed by atoms with E-state index in [-0.39, 0.29) is 23.9 Å². The Hall–Kier alpha value is -2.54. The van der Waals surface area contributed by atoms with E-state index < -0.39 is 5.79 Å². The van der Waals surface area contributed by atoms with Crippen LogP contribution >= 0.6 is 0 Å². The van der Waals surface area contributed by atoms with Crippen LogP contribution in [0.4, 0.5) is 0 Å². The molecule has 170 valence electrons. The Balaban J connectivity index is 1.63. The van der Waals surface area contributed by atoms with Gasteiger partial charge in [0.25, 0.3) is 11.8 Å². The van der Waals surface area contributed by atoms with Gasteiger partial charge in [0.05, 0.1) is 11.1 Å². The highest BCUT2D eigenvalue weighted by Crippen LogP contribution is 2.37. The van der Waals surface area contributed by atoms with Gasteiger partial charge in [-0.15, -0.1) is 0 Å². The zero-order valence-electron chi connectivity index (χ0n) is 19.1. The second-order valence-corrected chi connectivity index (χ2v) is 8.48. The number of ether oxygens (including phenoxy) is 2. The number of rotatable bonds is 8. The maximum absolute atomic E-state index is 13.1. The number of nitrogens with zero attached hydrogens (tertiary/aromatic N) is 2. The standard InChI is InChI=1S/C26H32N2O4/c1-4-31-26(32-5-2)15-16-27(19(3)20-11-7-6-8-12-20)21(17-26)18-28-24(29)22-13-9-10-14-23(22)25(28)30/h6-14,19,21H,4-5,15-18H2,1-3H3/t19-,21?/m0/s1. The Morgan fingerprint density at radius 2 is 1.50 bits per heavy atom. The Morgan fingerprint density at radius 3 is 2.06 bits per heavy atom. The normalized spacial score (nSPS) is 21.6. The first-order valence-electron chi connectivity index (χ1n) is 11.5. The summed E-state index contributed by atoms with van der Waals surface area (Å²) in [5.41, 5.74) is 2.17. The van der Waals surface area contributed by atoms with E-state index in [1.165, 1.54) is 10.5 Å². The van der Waals surface area contributed by atoms with E-state index in [1.807, 2.05) is 32.0 Å². The van der Waals surface area contributed by atoms with Crippen molar-refractivity contribution < 1.29 is 19.1 Å². The summed E-state index contributed by atoms with van der Waals surface area (Å²) in [6.45, 7) is 8.29. The molecule has 32 heavy (non-hydrogen) atoms. The molecule has 0 aromatic heterocycles. The minimum Gasteiger partial charge on any atom is -0.350 e. The highest BCUT2D eigenvalue weighted by molar-refractivity contribution is 6.21. The third kappa shape index (κ3) is 4.22. The molecule has 1 fully saturated rings. The van der Waals surface area contributed by atoms with Gasteiger partial charge in [-0.05, 0) is 38.5 Å². The molecule has 6 nitrogen and oxygen atoms in total. The lowest BCUT2D eigenvalue weighted by molar-refractivity contribution is -0.263. The summed E-state index contributed by atoms with van der Waals surface area (Å²) in [5, 5.41) is 0. The number of likely N-dealkylation sites (tertiary alicyclic amines) is 1. The number of carbonyl (C=O) groups excluding carboxylic acids is 2. The first-order chi connectivity index (χ1) is 15.5. The average molecular weight is 437 g/mol. The van der Waals surface area contributed by atoms with Crippen molar-refractivity contribution in [2.24, 2.45) is 0 Å². The lowest BCUT2D eigenvalue weighted by Gasteiger charge is -2.48. The molecule has 4 rings (SSSR count). The van der Waals surface area contributed by atoms with Crippen molar-refractivity contribution in [2.75, 3.05) is 26.3 Å². The van der Waals surface area contributed by atoms with Crippen LogP contribution in [0.2, 0.25) is 0 Å². The van der Waals surface area contributed by atoms with Crippen LogP contribution in [0.15, 0.2) is 54.6 Å². The molecule has 0 spiro atoms. The predicted molar refractivity (Wildman–Crippen MR) is 122 cm³/mol. The van der Waals surface area contributed by atoms with Crippen LogP contribution in [0.5, 0.6) is 0 Å². The molecular weight excluding hydrogens is 404 g/mol. The van der Waals surface area contributed by atoms with Crippen LogP contribution < -0.4 is 0 Å². The fourth-order valence-corrected chi connectivity index (χ4v) is 5.11. The number of amides is 2. The fourth-order valence-electron chi connectivity index (χ4n) is 5.11. The second kappa shape index (κ2) is 9.53. The predicted octanol–water partition coefficient (Wildman–Crippen LogP) is 4.28. The van der Waals surface area contributed by atoms with E-state index in [1.54, 1.807) is 24.3 Å². The first-order valence-corrected chi connectivity index (χ1v) is 11.5. The van der Waals surface area contributed by atoms with E-state index in [0.717, 1.165) is 13.0 Å².